The van der Waals surface area contributed by atoms with Gasteiger partial charge in [0.05, 0.1) is 13.2 Å². The second-order valence-corrected chi connectivity index (χ2v) is 6.03. The number of hydrogen-bond donors (Lipinski definition) is 0. The minimum atomic E-state index is 0.232. The van der Waals surface area contributed by atoms with E-state index in [0.717, 1.165) is 58.0 Å². The minimum Gasteiger partial charge on any atom is -0.383 e. The number of anilines is 1. The molecule has 5 nitrogen and oxygen atoms in total. The van der Waals surface area contributed by atoms with Crippen LogP contribution < -0.4 is 4.90 Å². The number of carbonyl (C=O) groups is 1. The molecule has 1 aromatic rings. The Balaban J connectivity index is 1.49. The van der Waals surface area contributed by atoms with E-state index in [1.54, 1.807) is 7.11 Å². The third-order valence-electron chi connectivity index (χ3n) is 4.62. The van der Waals surface area contributed by atoms with Crippen LogP contribution in [0.25, 0.3) is 0 Å². The number of hydrogen-bond acceptors (Lipinski definition) is 4. The Morgan fingerprint density at radius 3 is 2.59 bits per heavy atom. The molecule has 0 radical (unpaired) electrons. The lowest BCUT2D eigenvalue weighted by molar-refractivity contribution is -0.120. The molecule has 22 heavy (non-hydrogen) atoms. The maximum absolute atomic E-state index is 12.6. The average molecular weight is 303 g/mol. The van der Waals surface area contributed by atoms with Gasteiger partial charge in [-0.05, 0) is 18.1 Å². The Labute approximate surface area is 132 Å². The van der Waals surface area contributed by atoms with E-state index in [0.29, 0.717) is 6.54 Å². The van der Waals surface area contributed by atoms with E-state index < -0.39 is 0 Å². The number of para-hydroxylation sites is 1. The van der Waals surface area contributed by atoms with Crippen LogP contribution in [-0.4, -0.2) is 75.2 Å². The normalized spacial score (nSPS) is 19.4. The molecular formula is C17H25N3O2. The van der Waals surface area contributed by atoms with Gasteiger partial charge in [0.2, 0.25) is 5.91 Å². The highest BCUT2D eigenvalue weighted by Crippen LogP contribution is 2.27. The first-order chi connectivity index (χ1) is 10.8. The van der Waals surface area contributed by atoms with Crippen molar-refractivity contribution in [2.75, 3.05) is 64.4 Å². The van der Waals surface area contributed by atoms with Crippen molar-refractivity contribution in [1.29, 1.82) is 0 Å². The third kappa shape index (κ3) is 3.48. The summed E-state index contributed by atoms with van der Waals surface area (Å²) in [6, 6.07) is 8.24. The van der Waals surface area contributed by atoms with Gasteiger partial charge in [-0.15, -0.1) is 0 Å². The predicted molar refractivity (Wildman–Crippen MR) is 87.3 cm³/mol. The first kappa shape index (κ1) is 15.5. The number of ether oxygens (including phenoxy) is 1. The lowest BCUT2D eigenvalue weighted by atomic mass is 10.2. The van der Waals surface area contributed by atoms with Gasteiger partial charge in [-0.25, -0.2) is 0 Å². The molecule has 0 aromatic heterocycles. The summed E-state index contributed by atoms with van der Waals surface area (Å²) in [5.74, 6) is 0.232. The number of benzene rings is 1. The SMILES string of the molecule is COCCN1CCN(CC(=O)N2CCc3ccccc32)CC1. The summed E-state index contributed by atoms with van der Waals surface area (Å²) in [7, 11) is 1.74. The molecule has 0 atom stereocenters. The number of fused-ring (bicyclic) bond motifs is 1. The standard InChI is InChI=1S/C17H25N3O2/c1-22-13-12-18-8-10-19(11-9-18)14-17(21)20-7-6-15-4-2-3-5-16(15)20/h2-5H,6-14H2,1H3. The summed E-state index contributed by atoms with van der Waals surface area (Å²) in [5.41, 5.74) is 2.39. The number of nitrogens with zero attached hydrogens (tertiary/aromatic N) is 3. The molecule has 2 aliphatic rings. The molecule has 2 aliphatic heterocycles. The van der Waals surface area contributed by atoms with Crippen LogP contribution in [0.3, 0.4) is 0 Å². The zero-order valence-electron chi connectivity index (χ0n) is 13.3. The lowest BCUT2D eigenvalue weighted by Crippen LogP contribution is -2.50. The second kappa shape index (κ2) is 7.22. The molecule has 0 bridgehead atoms. The fraction of sp³-hybridized carbons (Fsp3) is 0.588. The smallest absolute Gasteiger partial charge is 0.241 e. The summed E-state index contributed by atoms with van der Waals surface area (Å²) in [6.07, 6.45) is 0.979. The zero-order chi connectivity index (χ0) is 15.4. The zero-order valence-corrected chi connectivity index (χ0v) is 13.3. The minimum absolute atomic E-state index is 0.232. The molecule has 0 unspecified atom stereocenters. The first-order valence-electron chi connectivity index (χ1n) is 8.10. The van der Waals surface area contributed by atoms with Crippen molar-refractivity contribution < 1.29 is 9.53 Å². The van der Waals surface area contributed by atoms with Gasteiger partial charge in [0, 0.05) is 52.1 Å². The topological polar surface area (TPSA) is 36.0 Å². The van der Waals surface area contributed by atoms with Crippen LogP contribution in [0.15, 0.2) is 24.3 Å². The van der Waals surface area contributed by atoms with Gasteiger partial charge in [-0.1, -0.05) is 18.2 Å². The van der Waals surface area contributed by atoms with Crippen molar-refractivity contribution in [3.63, 3.8) is 0 Å². The molecule has 1 saturated heterocycles. The molecule has 1 amide bonds. The van der Waals surface area contributed by atoms with Gasteiger partial charge < -0.3 is 9.64 Å². The van der Waals surface area contributed by atoms with Gasteiger partial charge in [0.25, 0.3) is 0 Å². The maximum Gasteiger partial charge on any atom is 0.241 e. The van der Waals surface area contributed by atoms with Crippen LogP contribution in [0.5, 0.6) is 0 Å². The largest absolute Gasteiger partial charge is 0.383 e. The Morgan fingerprint density at radius 1 is 1.09 bits per heavy atom. The molecule has 0 saturated carbocycles. The van der Waals surface area contributed by atoms with Gasteiger partial charge in [-0.3, -0.25) is 14.6 Å². The fourth-order valence-corrected chi connectivity index (χ4v) is 3.27. The summed E-state index contributed by atoms with van der Waals surface area (Å²) in [6.45, 7) is 7.09. The van der Waals surface area contributed by atoms with Crippen LogP contribution in [0, 0.1) is 0 Å². The maximum atomic E-state index is 12.6. The molecule has 1 aromatic carbocycles. The number of methoxy groups -OCH3 is 1. The molecule has 0 spiro atoms. The number of carbonyl (C=O) groups excluding carboxylic acids is 1. The van der Waals surface area contributed by atoms with Gasteiger partial charge >= 0.3 is 0 Å². The average Bonchev–Trinajstić information content (AvgIpc) is 2.98. The van der Waals surface area contributed by atoms with Crippen LogP contribution in [0.4, 0.5) is 5.69 Å². The van der Waals surface area contributed by atoms with Gasteiger partial charge in [-0.2, -0.15) is 0 Å². The lowest BCUT2D eigenvalue weighted by Gasteiger charge is -2.34. The number of piperazine rings is 1. The van der Waals surface area contributed by atoms with Crippen molar-refractivity contribution in [3.8, 4) is 0 Å². The Kier molecular flexibility index (Phi) is 5.08. The first-order valence-corrected chi connectivity index (χ1v) is 8.10. The van der Waals surface area contributed by atoms with Crippen molar-refractivity contribution >= 4 is 11.6 Å². The van der Waals surface area contributed by atoms with Gasteiger partial charge in [0.15, 0.2) is 0 Å². The van der Waals surface area contributed by atoms with Gasteiger partial charge in [0.1, 0.15) is 0 Å². The van der Waals surface area contributed by atoms with Crippen LogP contribution in [0.2, 0.25) is 0 Å². The van der Waals surface area contributed by atoms with E-state index in [2.05, 4.69) is 21.9 Å². The summed E-state index contributed by atoms with van der Waals surface area (Å²) < 4.78 is 5.12. The van der Waals surface area contributed by atoms with Crippen molar-refractivity contribution in [3.05, 3.63) is 29.8 Å². The van der Waals surface area contributed by atoms with Crippen LogP contribution in [0.1, 0.15) is 5.56 Å². The highest BCUT2D eigenvalue weighted by Gasteiger charge is 2.26. The van der Waals surface area contributed by atoms with E-state index in [4.69, 9.17) is 4.74 Å². The van der Waals surface area contributed by atoms with E-state index in [9.17, 15) is 4.79 Å². The molecule has 2 heterocycles. The summed E-state index contributed by atoms with van der Waals surface area (Å²) in [5, 5.41) is 0. The summed E-state index contributed by atoms with van der Waals surface area (Å²) in [4.78, 5) is 19.2. The molecule has 120 valence electrons. The highest BCUT2D eigenvalue weighted by molar-refractivity contribution is 5.96. The predicted octanol–water partition coefficient (Wildman–Crippen LogP) is 0.840. The van der Waals surface area contributed by atoms with Crippen molar-refractivity contribution in [1.82, 2.24) is 9.80 Å². The fourth-order valence-electron chi connectivity index (χ4n) is 3.27. The second-order valence-electron chi connectivity index (χ2n) is 6.03. The van der Waals surface area contributed by atoms with E-state index in [-0.39, 0.29) is 5.91 Å². The quantitative estimate of drug-likeness (QED) is 0.808. The summed E-state index contributed by atoms with van der Waals surface area (Å²) >= 11 is 0. The number of amides is 1. The third-order valence-corrected chi connectivity index (χ3v) is 4.62. The molecule has 0 N–H and O–H groups in total. The molecule has 5 heteroatoms. The monoisotopic (exact) mass is 303 g/mol. The van der Waals surface area contributed by atoms with E-state index >= 15 is 0 Å². The number of rotatable bonds is 5. The Bertz CT molecular complexity index is 512. The molecule has 1 fully saturated rings. The van der Waals surface area contributed by atoms with Crippen LogP contribution >= 0.6 is 0 Å². The highest BCUT2D eigenvalue weighted by atomic mass is 16.5. The Hall–Kier alpha value is -1.43. The molecule has 0 aliphatic carbocycles. The van der Waals surface area contributed by atoms with Crippen LogP contribution in [-0.2, 0) is 16.0 Å². The van der Waals surface area contributed by atoms with E-state index in [1.165, 1.54) is 5.56 Å². The van der Waals surface area contributed by atoms with Crippen molar-refractivity contribution in [2.24, 2.45) is 0 Å². The molecular weight excluding hydrogens is 278 g/mol. The van der Waals surface area contributed by atoms with E-state index in [1.807, 2.05) is 17.0 Å². The van der Waals surface area contributed by atoms with Crippen molar-refractivity contribution in [2.45, 2.75) is 6.42 Å². The Morgan fingerprint density at radius 2 is 1.82 bits per heavy atom. The molecule has 3 rings (SSSR count).